The number of pyridine rings is 1. The molecule has 0 saturated heterocycles. The molecule has 2 heterocycles. The number of aromatic nitrogens is 2. The van der Waals surface area contributed by atoms with Crippen molar-refractivity contribution in [3.05, 3.63) is 59.3 Å². The van der Waals surface area contributed by atoms with Gasteiger partial charge >= 0.3 is 0 Å². The Hall–Kier alpha value is -2.66. The van der Waals surface area contributed by atoms with Crippen LogP contribution in [0.25, 0.3) is 16.9 Å². The standard InChI is InChI=1S/C19H21N3O2/c1-12-5-8-14(9-6-12)16-17(18(23)19(24)21(3)4)22-11-13(2)7-10-15(22)20-16/h5-11,18,23H,1-4H3/i2D3,7D,10D,11D. The van der Waals surface area contributed by atoms with Crippen LogP contribution in [-0.4, -0.2) is 39.4 Å². The lowest BCUT2D eigenvalue weighted by Crippen LogP contribution is -2.29. The van der Waals surface area contributed by atoms with Gasteiger partial charge in [-0.15, -0.1) is 0 Å². The Labute approximate surface area is 149 Å². The van der Waals surface area contributed by atoms with Gasteiger partial charge in [0.15, 0.2) is 6.10 Å². The monoisotopic (exact) mass is 329 g/mol. The van der Waals surface area contributed by atoms with Crippen molar-refractivity contribution in [3.8, 4) is 11.3 Å². The van der Waals surface area contributed by atoms with Crippen molar-refractivity contribution < 1.29 is 18.1 Å². The Kier molecular flexibility index (Phi) is 2.60. The Bertz CT molecular complexity index is 1140. The molecule has 5 nitrogen and oxygen atoms in total. The van der Waals surface area contributed by atoms with Crippen LogP contribution in [0.1, 0.15) is 31.1 Å². The number of fused-ring (bicyclic) bond motifs is 1. The highest BCUT2D eigenvalue weighted by Crippen LogP contribution is 2.30. The smallest absolute Gasteiger partial charge is 0.257 e. The summed E-state index contributed by atoms with van der Waals surface area (Å²) in [5.74, 6) is -0.693. The van der Waals surface area contributed by atoms with Crippen LogP contribution in [0.5, 0.6) is 0 Å². The first-order valence-electron chi connectivity index (χ1n) is 10.3. The number of nitrogens with zero attached hydrogens (tertiary/aromatic N) is 3. The molecule has 0 fully saturated rings. The zero-order valence-corrected chi connectivity index (χ0v) is 13.6. The molecule has 0 saturated carbocycles. The molecule has 0 aliphatic heterocycles. The van der Waals surface area contributed by atoms with Gasteiger partial charge in [-0.05, 0) is 25.4 Å². The van der Waals surface area contributed by atoms with E-state index in [1.807, 2.05) is 6.92 Å². The molecule has 3 aromatic rings. The third kappa shape index (κ3) is 2.78. The van der Waals surface area contributed by atoms with Crippen molar-refractivity contribution in [1.29, 1.82) is 0 Å². The SMILES string of the molecule is [2H]c1c(C([2H])([2H])[2H])c([2H])n2c(C(O)C(=O)N(C)C)c(-c3ccc(C)cc3)nc2c1[2H]. The first kappa shape index (κ1) is 10.3. The average Bonchev–Trinajstić information content (AvgIpc) is 3.05. The molecule has 5 heteroatoms. The molecular formula is C19H21N3O2. The first-order chi connectivity index (χ1) is 13.9. The van der Waals surface area contributed by atoms with Gasteiger partial charge in [-0.25, -0.2) is 4.98 Å². The van der Waals surface area contributed by atoms with Crippen LogP contribution in [-0.2, 0) is 4.79 Å². The van der Waals surface area contributed by atoms with E-state index in [0.717, 1.165) is 14.9 Å². The van der Waals surface area contributed by atoms with E-state index < -0.39 is 42.7 Å². The van der Waals surface area contributed by atoms with Gasteiger partial charge in [0.2, 0.25) is 0 Å². The summed E-state index contributed by atoms with van der Waals surface area (Å²) < 4.78 is 48.9. The molecule has 24 heavy (non-hydrogen) atoms. The predicted molar refractivity (Wildman–Crippen MR) is 93.8 cm³/mol. The fraction of sp³-hybridized carbons (Fsp3) is 0.263. The number of hydrogen-bond donors (Lipinski definition) is 1. The summed E-state index contributed by atoms with van der Waals surface area (Å²) in [5, 5.41) is 10.8. The maximum absolute atomic E-state index is 12.5. The number of aliphatic hydroxyl groups is 1. The maximum atomic E-state index is 12.5. The molecule has 1 amide bonds. The van der Waals surface area contributed by atoms with E-state index in [4.69, 9.17) is 8.22 Å². The van der Waals surface area contributed by atoms with E-state index >= 15 is 0 Å². The second-order valence-corrected chi connectivity index (χ2v) is 5.74. The molecule has 1 N–H and O–H groups in total. The topological polar surface area (TPSA) is 57.8 Å². The molecular weight excluding hydrogens is 302 g/mol. The lowest BCUT2D eigenvalue weighted by atomic mass is 10.1. The van der Waals surface area contributed by atoms with Crippen molar-refractivity contribution in [1.82, 2.24) is 14.3 Å². The van der Waals surface area contributed by atoms with Gasteiger partial charge in [-0.3, -0.25) is 9.20 Å². The molecule has 0 bridgehead atoms. The highest BCUT2D eigenvalue weighted by Gasteiger charge is 2.27. The largest absolute Gasteiger partial charge is 0.377 e. The van der Waals surface area contributed by atoms with E-state index in [1.54, 1.807) is 24.3 Å². The van der Waals surface area contributed by atoms with Crippen LogP contribution in [0.4, 0.5) is 0 Å². The third-order valence-electron chi connectivity index (χ3n) is 3.69. The van der Waals surface area contributed by atoms with Crippen molar-refractivity contribution in [2.24, 2.45) is 0 Å². The first-order valence-corrected chi connectivity index (χ1v) is 7.35. The summed E-state index contributed by atoms with van der Waals surface area (Å²) >= 11 is 0. The minimum Gasteiger partial charge on any atom is -0.377 e. The molecule has 1 unspecified atom stereocenters. The second-order valence-electron chi connectivity index (χ2n) is 5.74. The molecule has 1 aromatic carbocycles. The summed E-state index contributed by atoms with van der Waals surface area (Å²) in [7, 11) is 2.90. The van der Waals surface area contributed by atoms with Gasteiger partial charge in [0.05, 0.1) is 15.5 Å². The summed E-state index contributed by atoms with van der Waals surface area (Å²) in [5.41, 5.74) is 0.700. The number of benzene rings is 1. The molecule has 0 aliphatic carbocycles. The Morgan fingerprint density at radius 3 is 2.62 bits per heavy atom. The second kappa shape index (κ2) is 6.09. The van der Waals surface area contributed by atoms with Gasteiger partial charge in [0.1, 0.15) is 5.65 Å². The highest BCUT2D eigenvalue weighted by atomic mass is 16.3. The number of likely N-dealkylation sites (N-methyl/N-ethyl adjacent to an activating group) is 1. The number of carbonyl (C=O) groups is 1. The lowest BCUT2D eigenvalue weighted by Gasteiger charge is -2.17. The number of rotatable bonds is 3. The maximum Gasteiger partial charge on any atom is 0.257 e. The Balaban J connectivity index is 2.49. The Morgan fingerprint density at radius 2 is 2.00 bits per heavy atom. The molecule has 2 aromatic heterocycles. The van der Waals surface area contributed by atoms with E-state index in [0.29, 0.717) is 5.56 Å². The van der Waals surface area contributed by atoms with Crippen LogP contribution >= 0.6 is 0 Å². The normalized spacial score (nSPS) is 16.5. The van der Waals surface area contributed by atoms with Crippen molar-refractivity contribution in [3.63, 3.8) is 0 Å². The minimum absolute atomic E-state index is 0.114. The predicted octanol–water partition coefficient (Wildman–Crippen LogP) is 2.74. The van der Waals surface area contributed by atoms with Crippen molar-refractivity contribution >= 4 is 11.6 Å². The fourth-order valence-electron chi connectivity index (χ4n) is 2.43. The van der Waals surface area contributed by atoms with Crippen molar-refractivity contribution in [2.75, 3.05) is 14.1 Å². The van der Waals surface area contributed by atoms with E-state index in [2.05, 4.69) is 4.98 Å². The minimum atomic E-state index is -2.83. The summed E-state index contributed by atoms with van der Waals surface area (Å²) in [6, 6.07) is 5.90. The van der Waals surface area contributed by atoms with Crippen LogP contribution in [0.15, 0.2) is 42.5 Å². The lowest BCUT2D eigenvalue weighted by molar-refractivity contribution is -0.138. The summed E-state index contributed by atoms with van der Waals surface area (Å²) in [6.45, 7) is -0.947. The molecule has 3 rings (SSSR count). The molecule has 0 aliphatic rings. The van der Waals surface area contributed by atoms with Crippen LogP contribution in [0.3, 0.4) is 0 Å². The highest BCUT2D eigenvalue weighted by molar-refractivity contribution is 5.84. The van der Waals surface area contributed by atoms with E-state index in [-0.39, 0.29) is 17.0 Å². The van der Waals surface area contributed by atoms with Gasteiger partial charge in [0.25, 0.3) is 5.91 Å². The third-order valence-corrected chi connectivity index (χ3v) is 3.69. The van der Waals surface area contributed by atoms with Crippen LogP contribution in [0.2, 0.25) is 0 Å². The van der Waals surface area contributed by atoms with Gasteiger partial charge in [0, 0.05) is 29.9 Å². The number of amides is 1. The number of aryl methyl sites for hydroxylation is 1. The number of carbonyl (C=O) groups excluding carboxylic acids is 1. The number of aliphatic hydroxyl groups excluding tert-OH is 1. The average molecular weight is 329 g/mol. The van der Waals surface area contributed by atoms with Gasteiger partial charge < -0.3 is 10.0 Å². The summed E-state index contributed by atoms with van der Waals surface area (Å²) in [6.07, 6.45) is -2.37. The Morgan fingerprint density at radius 1 is 1.29 bits per heavy atom. The molecule has 0 spiro atoms. The molecule has 1 atom stereocenters. The molecule has 0 radical (unpaired) electrons. The van der Waals surface area contributed by atoms with Crippen LogP contribution in [0, 0.1) is 13.8 Å². The molecule has 124 valence electrons. The summed E-state index contributed by atoms with van der Waals surface area (Å²) in [4.78, 5) is 18.1. The van der Waals surface area contributed by atoms with Gasteiger partial charge in [-0.1, -0.05) is 35.9 Å². The quantitative estimate of drug-likeness (QED) is 0.804. The zero-order chi connectivity index (χ0) is 22.5. The van der Waals surface area contributed by atoms with Gasteiger partial charge in [-0.2, -0.15) is 0 Å². The van der Waals surface area contributed by atoms with Crippen LogP contribution < -0.4 is 0 Å². The number of hydrogen-bond acceptors (Lipinski definition) is 3. The fourth-order valence-corrected chi connectivity index (χ4v) is 2.43. The zero-order valence-electron chi connectivity index (χ0n) is 19.6. The van der Waals surface area contributed by atoms with Crippen molar-refractivity contribution in [2.45, 2.75) is 19.9 Å². The number of imidazole rings is 1. The van der Waals surface area contributed by atoms with E-state index in [1.165, 1.54) is 14.1 Å². The van der Waals surface area contributed by atoms with E-state index in [9.17, 15) is 9.90 Å².